The molecule has 1 saturated heterocycles. The van der Waals surface area contributed by atoms with E-state index in [4.69, 9.17) is 4.74 Å². The lowest BCUT2D eigenvalue weighted by atomic mass is 9.89. The summed E-state index contributed by atoms with van der Waals surface area (Å²) in [5, 5.41) is 5.40. The van der Waals surface area contributed by atoms with Gasteiger partial charge in [0.2, 0.25) is 11.8 Å². The second-order valence-electron chi connectivity index (χ2n) is 9.60. The Morgan fingerprint density at radius 1 is 0.949 bits per heavy atom. The molecular formula is C30H31F2N3O4. The summed E-state index contributed by atoms with van der Waals surface area (Å²) in [6.07, 6.45) is 1.78. The molecular weight excluding hydrogens is 504 g/mol. The van der Waals surface area contributed by atoms with Crippen molar-refractivity contribution in [3.05, 3.63) is 95.1 Å². The first kappa shape index (κ1) is 27.8. The Hall–Kier alpha value is -4.27. The maximum absolute atomic E-state index is 13.4. The van der Waals surface area contributed by atoms with Crippen LogP contribution in [-0.2, 0) is 16.0 Å². The van der Waals surface area contributed by atoms with E-state index in [1.807, 2.05) is 29.2 Å². The van der Waals surface area contributed by atoms with Crippen LogP contribution in [0.5, 0.6) is 5.75 Å². The van der Waals surface area contributed by atoms with Crippen molar-refractivity contribution in [1.82, 2.24) is 10.2 Å². The van der Waals surface area contributed by atoms with Crippen molar-refractivity contribution in [2.45, 2.75) is 38.1 Å². The molecule has 39 heavy (non-hydrogen) atoms. The average molecular weight is 536 g/mol. The maximum Gasteiger partial charge on any atom is 0.251 e. The Labute approximate surface area is 226 Å². The van der Waals surface area contributed by atoms with Gasteiger partial charge in [-0.2, -0.15) is 0 Å². The lowest BCUT2D eigenvalue weighted by Crippen LogP contribution is -2.41. The number of halogens is 2. The van der Waals surface area contributed by atoms with Crippen LogP contribution in [0.3, 0.4) is 0 Å². The van der Waals surface area contributed by atoms with Crippen LogP contribution in [0.15, 0.2) is 66.7 Å². The zero-order valence-corrected chi connectivity index (χ0v) is 21.9. The van der Waals surface area contributed by atoms with Crippen LogP contribution in [-0.4, -0.2) is 48.9 Å². The predicted octanol–water partition coefficient (Wildman–Crippen LogP) is 4.68. The van der Waals surface area contributed by atoms with E-state index >= 15 is 0 Å². The molecule has 7 nitrogen and oxygen atoms in total. The van der Waals surface area contributed by atoms with Crippen molar-refractivity contribution in [1.29, 1.82) is 0 Å². The number of benzene rings is 3. The molecule has 3 amide bonds. The number of hydrogen-bond donors (Lipinski definition) is 2. The number of hydrogen-bond acceptors (Lipinski definition) is 4. The van der Waals surface area contributed by atoms with Crippen molar-refractivity contribution in [2.24, 2.45) is 0 Å². The van der Waals surface area contributed by atoms with E-state index < -0.39 is 23.6 Å². The largest absolute Gasteiger partial charge is 0.496 e. The number of anilines is 1. The van der Waals surface area contributed by atoms with E-state index in [0.29, 0.717) is 30.1 Å². The molecule has 204 valence electrons. The molecule has 0 aromatic heterocycles. The fraction of sp³-hybridized carbons (Fsp3) is 0.300. The second kappa shape index (κ2) is 12.5. The number of carbonyl (C=O) groups excluding carboxylic acids is 3. The van der Waals surface area contributed by atoms with Crippen LogP contribution in [0.2, 0.25) is 0 Å². The molecule has 2 N–H and O–H groups in total. The smallest absolute Gasteiger partial charge is 0.251 e. The van der Waals surface area contributed by atoms with Crippen molar-refractivity contribution in [3.8, 4) is 5.75 Å². The van der Waals surface area contributed by atoms with Gasteiger partial charge in [0.05, 0.1) is 13.5 Å². The highest BCUT2D eigenvalue weighted by atomic mass is 19.1. The molecule has 1 aliphatic heterocycles. The Balaban J connectivity index is 1.25. The summed E-state index contributed by atoms with van der Waals surface area (Å²) in [6.45, 7) is 2.82. The lowest BCUT2D eigenvalue weighted by molar-refractivity contribution is -0.131. The zero-order chi connectivity index (χ0) is 27.9. The van der Waals surface area contributed by atoms with Crippen LogP contribution in [0.25, 0.3) is 0 Å². The number of piperidine rings is 1. The van der Waals surface area contributed by atoms with E-state index in [-0.39, 0.29) is 29.7 Å². The molecule has 0 bridgehead atoms. The highest BCUT2D eigenvalue weighted by Gasteiger charge is 2.25. The van der Waals surface area contributed by atoms with E-state index in [2.05, 4.69) is 10.6 Å². The molecule has 1 aliphatic rings. The third-order valence-corrected chi connectivity index (χ3v) is 6.94. The van der Waals surface area contributed by atoms with Crippen LogP contribution in [0.4, 0.5) is 14.5 Å². The number of nitrogens with one attached hydrogen (secondary N) is 2. The van der Waals surface area contributed by atoms with Gasteiger partial charge in [0.25, 0.3) is 5.91 Å². The van der Waals surface area contributed by atoms with E-state index in [9.17, 15) is 23.2 Å². The van der Waals surface area contributed by atoms with Gasteiger partial charge in [-0.25, -0.2) is 8.78 Å². The van der Waals surface area contributed by atoms with Gasteiger partial charge in [-0.3, -0.25) is 14.4 Å². The number of ether oxygens (including phenoxy) is 1. The van der Waals surface area contributed by atoms with E-state index in [1.165, 1.54) is 43.5 Å². The number of nitrogens with zero attached hydrogens (tertiary/aromatic N) is 1. The summed E-state index contributed by atoms with van der Waals surface area (Å²) in [4.78, 5) is 39.5. The molecule has 1 atom stereocenters. The quantitative estimate of drug-likeness (QED) is 0.439. The van der Waals surface area contributed by atoms with Crippen molar-refractivity contribution < 1.29 is 27.9 Å². The summed E-state index contributed by atoms with van der Waals surface area (Å²) in [7, 11) is 1.46. The Morgan fingerprint density at radius 2 is 1.59 bits per heavy atom. The number of rotatable bonds is 8. The summed E-state index contributed by atoms with van der Waals surface area (Å²) < 4.78 is 31.7. The topological polar surface area (TPSA) is 87.7 Å². The summed E-state index contributed by atoms with van der Waals surface area (Å²) in [5.41, 5.74) is 2.65. The first-order valence-corrected chi connectivity index (χ1v) is 12.8. The maximum atomic E-state index is 13.4. The standard InChI is InChI=1S/C30H31F2N3O4/c1-19(33-30(38)22-3-8-24(31)9-4-22)29(37)34-26-11-6-20(7-12-26)21-13-15-35(16-14-21)28(36)17-23-5-10-25(32)18-27(23)39-2/h3-12,18-19,21H,13-17H2,1-2H3,(H,33,38)(H,34,37). The van der Waals surface area contributed by atoms with Crippen molar-refractivity contribution in [2.75, 3.05) is 25.5 Å². The normalized spacial score (nSPS) is 14.4. The summed E-state index contributed by atoms with van der Waals surface area (Å²) in [6, 6.07) is 16.1. The van der Waals surface area contributed by atoms with Gasteiger partial charge in [0.15, 0.2) is 0 Å². The van der Waals surface area contributed by atoms with Gasteiger partial charge in [0, 0.05) is 36.0 Å². The first-order valence-electron chi connectivity index (χ1n) is 12.8. The fourth-order valence-electron chi connectivity index (χ4n) is 4.64. The molecule has 4 rings (SSSR count). The molecule has 1 heterocycles. The molecule has 0 spiro atoms. The van der Waals surface area contributed by atoms with Gasteiger partial charge in [0.1, 0.15) is 23.4 Å². The van der Waals surface area contributed by atoms with Gasteiger partial charge in [-0.1, -0.05) is 18.2 Å². The first-order chi connectivity index (χ1) is 18.7. The summed E-state index contributed by atoms with van der Waals surface area (Å²) >= 11 is 0. The third kappa shape index (κ3) is 7.19. The van der Waals surface area contributed by atoms with E-state index in [1.54, 1.807) is 13.0 Å². The minimum Gasteiger partial charge on any atom is -0.496 e. The lowest BCUT2D eigenvalue weighted by Gasteiger charge is -2.32. The van der Waals surface area contributed by atoms with Gasteiger partial charge in [-0.15, -0.1) is 0 Å². The molecule has 0 radical (unpaired) electrons. The minimum absolute atomic E-state index is 0.0166. The van der Waals surface area contributed by atoms with Crippen LogP contribution in [0.1, 0.15) is 47.2 Å². The average Bonchev–Trinajstić information content (AvgIpc) is 2.94. The Morgan fingerprint density at radius 3 is 2.23 bits per heavy atom. The molecule has 9 heteroatoms. The second-order valence-corrected chi connectivity index (χ2v) is 9.60. The van der Waals surface area contributed by atoms with Crippen LogP contribution in [0, 0.1) is 11.6 Å². The number of likely N-dealkylation sites (tertiary alicyclic amines) is 1. The van der Waals surface area contributed by atoms with Crippen LogP contribution >= 0.6 is 0 Å². The SMILES string of the molecule is COc1cc(F)ccc1CC(=O)N1CCC(c2ccc(NC(=O)C(C)NC(=O)c3ccc(F)cc3)cc2)CC1. The highest BCUT2D eigenvalue weighted by Crippen LogP contribution is 2.30. The molecule has 1 fully saturated rings. The van der Waals surface area contributed by atoms with Gasteiger partial charge in [-0.05, 0) is 73.7 Å². The fourth-order valence-corrected chi connectivity index (χ4v) is 4.64. The Kier molecular flexibility index (Phi) is 8.91. The Bertz CT molecular complexity index is 1320. The molecule has 3 aromatic rings. The number of amides is 3. The zero-order valence-electron chi connectivity index (χ0n) is 21.9. The summed E-state index contributed by atoms with van der Waals surface area (Å²) in [5.74, 6) is -1.04. The molecule has 0 saturated carbocycles. The van der Waals surface area contributed by atoms with Crippen molar-refractivity contribution >= 4 is 23.4 Å². The van der Waals surface area contributed by atoms with Gasteiger partial charge >= 0.3 is 0 Å². The number of carbonyl (C=O) groups is 3. The minimum atomic E-state index is -0.793. The van der Waals surface area contributed by atoms with E-state index in [0.717, 1.165) is 18.4 Å². The highest BCUT2D eigenvalue weighted by molar-refractivity contribution is 6.00. The monoisotopic (exact) mass is 535 g/mol. The van der Waals surface area contributed by atoms with Gasteiger partial charge < -0.3 is 20.3 Å². The molecule has 0 aliphatic carbocycles. The van der Waals surface area contributed by atoms with Crippen LogP contribution < -0.4 is 15.4 Å². The third-order valence-electron chi connectivity index (χ3n) is 6.94. The van der Waals surface area contributed by atoms with Crippen molar-refractivity contribution in [3.63, 3.8) is 0 Å². The number of methoxy groups -OCH3 is 1. The molecule has 3 aromatic carbocycles. The predicted molar refractivity (Wildman–Crippen MR) is 144 cm³/mol. The molecule has 1 unspecified atom stereocenters.